The monoisotopic (exact) mass is 378 g/mol. The number of hydroxylamine groups is 2. The van der Waals surface area contributed by atoms with E-state index in [1.165, 1.54) is 12.1 Å². The molecule has 142 valence electrons. The lowest BCUT2D eigenvalue weighted by molar-refractivity contribution is -0.0587. The van der Waals surface area contributed by atoms with Gasteiger partial charge in [-0.25, -0.2) is 4.79 Å². The summed E-state index contributed by atoms with van der Waals surface area (Å²) in [5, 5.41) is 1.29. The third-order valence-corrected chi connectivity index (χ3v) is 4.51. The number of imide groups is 1. The van der Waals surface area contributed by atoms with Gasteiger partial charge >= 0.3 is 5.97 Å². The van der Waals surface area contributed by atoms with Gasteiger partial charge in [-0.3, -0.25) is 9.59 Å². The summed E-state index contributed by atoms with van der Waals surface area (Å²) in [6.45, 7) is 2.71. The van der Waals surface area contributed by atoms with Gasteiger partial charge in [0.1, 0.15) is 11.4 Å². The predicted octanol–water partition coefficient (Wildman–Crippen LogP) is 3.71. The van der Waals surface area contributed by atoms with Crippen LogP contribution in [0.2, 0.25) is 0 Å². The van der Waals surface area contributed by atoms with Gasteiger partial charge in [0, 0.05) is 17.0 Å². The van der Waals surface area contributed by atoms with Gasteiger partial charge in [0.05, 0.1) is 17.7 Å². The van der Waals surface area contributed by atoms with E-state index >= 15 is 0 Å². The molecule has 0 saturated carbocycles. The van der Waals surface area contributed by atoms with Gasteiger partial charge in [-0.2, -0.15) is 0 Å². The summed E-state index contributed by atoms with van der Waals surface area (Å²) in [5.74, 6) is -1.43. The zero-order valence-electron chi connectivity index (χ0n) is 15.2. The molecule has 0 radical (unpaired) electrons. The molecule has 1 aliphatic heterocycles. The third-order valence-electron chi connectivity index (χ3n) is 4.51. The van der Waals surface area contributed by atoms with Gasteiger partial charge in [0.2, 0.25) is 0 Å². The van der Waals surface area contributed by atoms with E-state index in [9.17, 15) is 14.4 Å². The molecular formula is C21H18N2O5. The van der Waals surface area contributed by atoms with E-state index in [1.807, 2.05) is 12.1 Å². The number of carbonyl (C=O) groups excluding carboxylic acids is 3. The van der Waals surface area contributed by atoms with Crippen molar-refractivity contribution in [3.8, 4) is 5.75 Å². The van der Waals surface area contributed by atoms with Crippen molar-refractivity contribution >= 4 is 28.7 Å². The van der Waals surface area contributed by atoms with E-state index in [0.29, 0.717) is 22.9 Å². The van der Waals surface area contributed by atoms with Crippen LogP contribution >= 0.6 is 0 Å². The Morgan fingerprint density at radius 1 is 1.04 bits per heavy atom. The zero-order chi connectivity index (χ0) is 19.7. The fourth-order valence-corrected chi connectivity index (χ4v) is 3.02. The number of amides is 2. The number of hydrogen-bond acceptors (Lipinski definition) is 5. The van der Waals surface area contributed by atoms with E-state index in [0.717, 1.165) is 18.2 Å². The number of H-pyrrole nitrogens is 1. The van der Waals surface area contributed by atoms with Crippen LogP contribution in [0.5, 0.6) is 5.75 Å². The summed E-state index contributed by atoms with van der Waals surface area (Å²) in [6, 6.07) is 13.4. The summed E-state index contributed by atoms with van der Waals surface area (Å²) < 4.78 is 5.66. The average Bonchev–Trinajstić information content (AvgIpc) is 3.23. The van der Waals surface area contributed by atoms with Gasteiger partial charge in [-0.15, -0.1) is 0 Å². The minimum Gasteiger partial charge on any atom is -0.494 e. The van der Waals surface area contributed by atoms with Gasteiger partial charge in [-0.05, 0) is 36.8 Å². The number of nitrogens with zero attached hydrogens (tertiary/aromatic N) is 1. The van der Waals surface area contributed by atoms with E-state index in [4.69, 9.17) is 9.57 Å². The molecule has 1 aliphatic rings. The Bertz CT molecular complexity index is 1050. The van der Waals surface area contributed by atoms with E-state index in [-0.39, 0.29) is 16.8 Å². The molecule has 28 heavy (non-hydrogen) atoms. The normalized spacial score (nSPS) is 13.1. The summed E-state index contributed by atoms with van der Waals surface area (Å²) in [4.78, 5) is 45.1. The molecule has 7 nitrogen and oxygen atoms in total. The molecule has 0 fully saturated rings. The first kappa shape index (κ1) is 17.8. The van der Waals surface area contributed by atoms with Gasteiger partial charge in [0.25, 0.3) is 11.8 Å². The molecule has 3 aromatic rings. The lowest BCUT2D eigenvalue weighted by Gasteiger charge is -2.11. The molecule has 1 aromatic heterocycles. The smallest absolute Gasteiger partial charge is 0.380 e. The summed E-state index contributed by atoms with van der Waals surface area (Å²) in [5.41, 5.74) is 1.26. The Labute approximate surface area is 160 Å². The molecule has 7 heteroatoms. The van der Waals surface area contributed by atoms with E-state index in [1.54, 1.807) is 24.3 Å². The topological polar surface area (TPSA) is 88.7 Å². The van der Waals surface area contributed by atoms with Crippen LogP contribution in [0, 0.1) is 0 Å². The highest BCUT2D eigenvalue weighted by molar-refractivity contribution is 6.21. The van der Waals surface area contributed by atoms with Crippen molar-refractivity contribution in [1.29, 1.82) is 0 Å². The van der Waals surface area contributed by atoms with Crippen LogP contribution in [0.25, 0.3) is 10.9 Å². The Hall–Kier alpha value is -3.61. The highest BCUT2D eigenvalue weighted by Gasteiger charge is 2.39. The van der Waals surface area contributed by atoms with Crippen molar-refractivity contribution < 1.29 is 24.0 Å². The second kappa shape index (κ2) is 7.19. The zero-order valence-corrected chi connectivity index (χ0v) is 15.2. The maximum Gasteiger partial charge on any atom is 0.380 e. The molecule has 0 aliphatic carbocycles. The van der Waals surface area contributed by atoms with E-state index in [2.05, 4.69) is 11.9 Å². The lowest BCUT2D eigenvalue weighted by atomic mass is 10.1. The van der Waals surface area contributed by atoms with E-state index < -0.39 is 17.8 Å². The molecule has 0 bridgehead atoms. The number of aromatic amines is 1. The molecule has 2 heterocycles. The number of fused-ring (bicyclic) bond motifs is 2. The first-order valence-corrected chi connectivity index (χ1v) is 9.04. The first-order valence-electron chi connectivity index (χ1n) is 9.04. The fraction of sp³-hybridized carbons (Fsp3) is 0.190. The molecule has 0 saturated heterocycles. The largest absolute Gasteiger partial charge is 0.494 e. The minimum absolute atomic E-state index is 0.136. The molecule has 2 amide bonds. The second-order valence-electron chi connectivity index (χ2n) is 6.46. The maximum absolute atomic E-state index is 12.5. The van der Waals surface area contributed by atoms with Crippen LogP contribution in [0.4, 0.5) is 0 Å². The Kier molecular flexibility index (Phi) is 4.57. The number of rotatable bonds is 6. The maximum atomic E-state index is 12.5. The number of aromatic nitrogens is 1. The van der Waals surface area contributed by atoms with Crippen molar-refractivity contribution in [1.82, 2.24) is 10.0 Å². The molecular weight excluding hydrogens is 360 g/mol. The van der Waals surface area contributed by atoms with Gasteiger partial charge in [-0.1, -0.05) is 30.5 Å². The van der Waals surface area contributed by atoms with Crippen molar-refractivity contribution in [2.24, 2.45) is 0 Å². The predicted molar refractivity (Wildman–Crippen MR) is 101 cm³/mol. The number of unbranched alkanes of at least 4 members (excludes halogenated alkanes) is 1. The van der Waals surface area contributed by atoms with Crippen LogP contribution in [-0.4, -0.2) is 34.4 Å². The summed E-state index contributed by atoms with van der Waals surface area (Å²) in [6.07, 6.45) is 2.00. The number of nitrogens with one attached hydrogen (secondary N) is 1. The Balaban J connectivity index is 1.51. The van der Waals surface area contributed by atoms with Gasteiger partial charge in [0.15, 0.2) is 0 Å². The number of benzene rings is 2. The Morgan fingerprint density at radius 2 is 1.75 bits per heavy atom. The van der Waals surface area contributed by atoms with Crippen molar-refractivity contribution in [3.63, 3.8) is 0 Å². The molecule has 0 spiro atoms. The Morgan fingerprint density at radius 3 is 2.43 bits per heavy atom. The summed E-state index contributed by atoms with van der Waals surface area (Å²) in [7, 11) is 0. The summed E-state index contributed by atoms with van der Waals surface area (Å²) >= 11 is 0. The first-order chi connectivity index (χ1) is 13.6. The SMILES string of the molecule is CCCCOc1ccc2cc(C(=O)ON3C(=O)c4ccccc4C3=O)[nH]c2c1. The van der Waals surface area contributed by atoms with Crippen molar-refractivity contribution in [2.75, 3.05) is 6.61 Å². The number of ether oxygens (including phenoxy) is 1. The second-order valence-corrected chi connectivity index (χ2v) is 6.46. The van der Waals surface area contributed by atoms with Crippen molar-refractivity contribution in [2.45, 2.75) is 19.8 Å². The van der Waals surface area contributed by atoms with Crippen LogP contribution in [-0.2, 0) is 4.84 Å². The van der Waals surface area contributed by atoms with Crippen LogP contribution in [0.1, 0.15) is 51.0 Å². The molecule has 0 atom stereocenters. The van der Waals surface area contributed by atoms with Crippen molar-refractivity contribution in [3.05, 3.63) is 65.4 Å². The van der Waals surface area contributed by atoms with Gasteiger partial charge < -0.3 is 14.6 Å². The van der Waals surface area contributed by atoms with Crippen LogP contribution < -0.4 is 4.74 Å². The molecule has 2 aromatic carbocycles. The number of hydrogen-bond donors (Lipinski definition) is 1. The number of carbonyl (C=O) groups is 3. The lowest BCUT2D eigenvalue weighted by Crippen LogP contribution is -2.32. The minimum atomic E-state index is -0.820. The van der Waals surface area contributed by atoms with Crippen LogP contribution in [0.3, 0.4) is 0 Å². The molecule has 1 N–H and O–H groups in total. The third kappa shape index (κ3) is 3.11. The van der Waals surface area contributed by atoms with Crippen LogP contribution in [0.15, 0.2) is 48.5 Å². The quantitative estimate of drug-likeness (QED) is 0.522. The standard InChI is InChI=1S/C21H18N2O5/c1-2-3-10-27-14-9-8-13-11-18(22-17(13)12-14)21(26)28-23-19(24)15-6-4-5-7-16(15)20(23)25/h4-9,11-12,22H,2-3,10H2,1H3. The highest BCUT2D eigenvalue weighted by atomic mass is 16.7. The molecule has 4 rings (SSSR count). The average molecular weight is 378 g/mol. The highest BCUT2D eigenvalue weighted by Crippen LogP contribution is 2.25. The molecule has 0 unspecified atom stereocenters. The fourth-order valence-electron chi connectivity index (χ4n) is 3.02.